The Hall–Kier alpha value is -1.96. The molecule has 0 spiro atoms. The number of hydrogen-bond acceptors (Lipinski definition) is 3. The van der Waals surface area contributed by atoms with Gasteiger partial charge in [0, 0.05) is 17.3 Å². The Kier molecular flexibility index (Phi) is 5.93. The minimum atomic E-state index is -3.79. The predicted octanol–water partition coefficient (Wildman–Crippen LogP) is 3.42. The van der Waals surface area contributed by atoms with E-state index in [1.54, 1.807) is 24.3 Å². The highest BCUT2D eigenvalue weighted by Gasteiger charge is 2.19. The van der Waals surface area contributed by atoms with E-state index in [1.807, 2.05) is 6.92 Å². The van der Waals surface area contributed by atoms with Gasteiger partial charge in [0.15, 0.2) is 0 Å². The number of benzene rings is 2. The first-order valence-corrected chi connectivity index (χ1v) is 9.05. The lowest BCUT2D eigenvalue weighted by Gasteiger charge is -2.09. The molecular weight excluding hydrogens is 355 g/mol. The van der Waals surface area contributed by atoms with Gasteiger partial charge in [-0.05, 0) is 48.9 Å². The van der Waals surface area contributed by atoms with Gasteiger partial charge >= 0.3 is 0 Å². The molecule has 0 aliphatic rings. The van der Waals surface area contributed by atoms with Gasteiger partial charge in [-0.1, -0.05) is 18.5 Å². The largest absolute Gasteiger partial charge is 0.322 e. The van der Waals surface area contributed by atoms with Crippen LogP contribution in [0.15, 0.2) is 47.4 Å². The molecule has 0 aliphatic carbocycles. The molecule has 24 heavy (non-hydrogen) atoms. The molecule has 0 radical (unpaired) electrons. The summed E-state index contributed by atoms with van der Waals surface area (Å²) in [6.45, 7) is 2.07. The summed E-state index contributed by atoms with van der Waals surface area (Å²) in [7, 11) is -3.79. The fourth-order valence-corrected chi connectivity index (χ4v) is 3.18. The number of amides is 1. The minimum absolute atomic E-state index is 0.168. The molecule has 0 fully saturated rings. The molecule has 0 aromatic heterocycles. The van der Waals surface area contributed by atoms with Gasteiger partial charge in [-0.2, -0.15) is 0 Å². The van der Waals surface area contributed by atoms with E-state index in [0.29, 0.717) is 17.1 Å². The molecule has 0 aliphatic heterocycles. The third-order valence-electron chi connectivity index (χ3n) is 3.14. The van der Waals surface area contributed by atoms with Crippen molar-refractivity contribution < 1.29 is 17.6 Å². The van der Waals surface area contributed by atoms with E-state index in [4.69, 9.17) is 11.6 Å². The van der Waals surface area contributed by atoms with Crippen LogP contribution in [-0.2, 0) is 10.0 Å². The zero-order chi connectivity index (χ0) is 17.7. The van der Waals surface area contributed by atoms with Crippen molar-refractivity contribution in [3.8, 4) is 0 Å². The number of nitrogens with one attached hydrogen (secondary N) is 2. The van der Waals surface area contributed by atoms with E-state index in [-0.39, 0.29) is 17.0 Å². The molecule has 2 rings (SSSR count). The molecule has 0 saturated carbocycles. The van der Waals surface area contributed by atoms with Gasteiger partial charge in [0.2, 0.25) is 10.0 Å². The summed E-state index contributed by atoms with van der Waals surface area (Å²) in [6, 6.07) is 9.34. The van der Waals surface area contributed by atoms with Crippen molar-refractivity contribution in [3.05, 3.63) is 58.9 Å². The van der Waals surface area contributed by atoms with Crippen LogP contribution in [0.3, 0.4) is 0 Å². The molecule has 2 aromatic carbocycles. The Labute approximate surface area is 144 Å². The van der Waals surface area contributed by atoms with Crippen LogP contribution in [-0.4, -0.2) is 20.9 Å². The van der Waals surface area contributed by atoms with Crippen LogP contribution in [0.4, 0.5) is 10.1 Å². The molecule has 2 N–H and O–H groups in total. The fraction of sp³-hybridized carbons (Fsp3) is 0.188. The molecule has 0 unspecified atom stereocenters. The van der Waals surface area contributed by atoms with Crippen molar-refractivity contribution in [2.45, 2.75) is 18.2 Å². The molecule has 8 heteroatoms. The van der Waals surface area contributed by atoms with Crippen LogP contribution in [0.2, 0.25) is 5.02 Å². The van der Waals surface area contributed by atoms with E-state index < -0.39 is 21.7 Å². The van der Waals surface area contributed by atoms with Gasteiger partial charge in [-0.15, -0.1) is 0 Å². The van der Waals surface area contributed by atoms with Crippen LogP contribution in [0.5, 0.6) is 0 Å². The first-order valence-electron chi connectivity index (χ1n) is 7.19. The molecule has 5 nitrogen and oxygen atoms in total. The number of rotatable bonds is 6. The molecule has 128 valence electrons. The van der Waals surface area contributed by atoms with Gasteiger partial charge in [0.05, 0.1) is 10.5 Å². The molecule has 1 amide bonds. The van der Waals surface area contributed by atoms with Crippen LogP contribution >= 0.6 is 11.6 Å². The summed E-state index contributed by atoms with van der Waals surface area (Å²) in [4.78, 5) is 12.0. The maximum absolute atomic E-state index is 13.9. The Morgan fingerprint density at radius 1 is 1.17 bits per heavy atom. The molecule has 2 aromatic rings. The van der Waals surface area contributed by atoms with Crippen LogP contribution in [0.25, 0.3) is 0 Å². The van der Waals surface area contributed by atoms with E-state index in [9.17, 15) is 17.6 Å². The number of halogens is 2. The number of carbonyl (C=O) groups is 1. The number of anilines is 1. The normalized spacial score (nSPS) is 11.3. The summed E-state index contributed by atoms with van der Waals surface area (Å²) in [5, 5.41) is 2.99. The highest BCUT2D eigenvalue weighted by molar-refractivity contribution is 7.89. The third kappa shape index (κ3) is 4.53. The summed E-state index contributed by atoms with van der Waals surface area (Å²) >= 11 is 5.76. The van der Waals surface area contributed by atoms with Crippen molar-refractivity contribution in [1.29, 1.82) is 0 Å². The van der Waals surface area contributed by atoms with Crippen molar-refractivity contribution >= 4 is 33.2 Å². The van der Waals surface area contributed by atoms with E-state index in [2.05, 4.69) is 10.0 Å². The Morgan fingerprint density at radius 2 is 1.83 bits per heavy atom. The highest BCUT2D eigenvalue weighted by Crippen LogP contribution is 2.18. The van der Waals surface area contributed by atoms with E-state index in [1.165, 1.54) is 0 Å². The summed E-state index contributed by atoms with van der Waals surface area (Å²) in [5.41, 5.74) is 0.0606. The maximum atomic E-state index is 13.9. The van der Waals surface area contributed by atoms with Gasteiger partial charge in [0.1, 0.15) is 5.82 Å². The van der Waals surface area contributed by atoms with Crippen LogP contribution < -0.4 is 10.0 Å². The first-order chi connectivity index (χ1) is 11.3. The SMILES string of the molecule is CCCNS(=O)(=O)c1ccc(F)c(C(=O)Nc2ccc(Cl)cc2)c1. The lowest BCUT2D eigenvalue weighted by molar-refractivity contribution is 0.102. The zero-order valence-corrected chi connectivity index (χ0v) is 14.4. The average Bonchev–Trinajstić information content (AvgIpc) is 2.55. The zero-order valence-electron chi connectivity index (χ0n) is 12.8. The second-order valence-electron chi connectivity index (χ2n) is 5.00. The lowest BCUT2D eigenvalue weighted by atomic mass is 10.2. The fourth-order valence-electron chi connectivity index (χ4n) is 1.90. The third-order valence-corrected chi connectivity index (χ3v) is 4.85. The van der Waals surface area contributed by atoms with E-state index in [0.717, 1.165) is 18.2 Å². The molecule has 0 heterocycles. The standard InChI is InChI=1S/C16H16ClFN2O3S/c1-2-9-19-24(22,23)13-7-8-15(18)14(10-13)16(21)20-12-5-3-11(17)4-6-12/h3-8,10,19H,2,9H2,1H3,(H,20,21). The molecule has 0 atom stereocenters. The topological polar surface area (TPSA) is 75.3 Å². The van der Waals surface area contributed by atoms with Crippen molar-refractivity contribution in [2.75, 3.05) is 11.9 Å². The van der Waals surface area contributed by atoms with Crippen molar-refractivity contribution in [3.63, 3.8) is 0 Å². The summed E-state index contributed by atoms with van der Waals surface area (Å²) in [5.74, 6) is -1.56. The monoisotopic (exact) mass is 370 g/mol. The smallest absolute Gasteiger partial charge is 0.258 e. The molecular formula is C16H16ClFN2O3S. The number of sulfonamides is 1. The Morgan fingerprint density at radius 3 is 2.46 bits per heavy atom. The summed E-state index contributed by atoms with van der Waals surface area (Å²) < 4.78 is 40.5. The Bertz CT molecular complexity index is 839. The predicted molar refractivity (Wildman–Crippen MR) is 91.3 cm³/mol. The van der Waals surface area contributed by atoms with Crippen LogP contribution in [0, 0.1) is 5.82 Å². The highest BCUT2D eigenvalue weighted by atomic mass is 35.5. The van der Waals surface area contributed by atoms with Gasteiger partial charge in [-0.3, -0.25) is 4.79 Å². The van der Waals surface area contributed by atoms with Gasteiger partial charge in [-0.25, -0.2) is 17.5 Å². The van der Waals surface area contributed by atoms with Gasteiger partial charge < -0.3 is 5.32 Å². The first kappa shape index (κ1) is 18.4. The van der Waals surface area contributed by atoms with Crippen LogP contribution in [0.1, 0.15) is 23.7 Å². The van der Waals surface area contributed by atoms with E-state index >= 15 is 0 Å². The number of hydrogen-bond donors (Lipinski definition) is 2. The second kappa shape index (κ2) is 7.74. The number of carbonyl (C=O) groups excluding carboxylic acids is 1. The Balaban J connectivity index is 2.27. The lowest BCUT2D eigenvalue weighted by Crippen LogP contribution is -2.25. The van der Waals surface area contributed by atoms with Crippen molar-refractivity contribution in [1.82, 2.24) is 4.72 Å². The quantitative estimate of drug-likeness (QED) is 0.818. The van der Waals surface area contributed by atoms with Crippen molar-refractivity contribution in [2.24, 2.45) is 0 Å². The molecule has 0 saturated heterocycles. The van der Waals surface area contributed by atoms with Gasteiger partial charge in [0.25, 0.3) is 5.91 Å². The average molecular weight is 371 g/mol. The second-order valence-corrected chi connectivity index (χ2v) is 7.20. The maximum Gasteiger partial charge on any atom is 0.258 e. The minimum Gasteiger partial charge on any atom is -0.322 e. The summed E-state index contributed by atoms with van der Waals surface area (Å²) in [6.07, 6.45) is 0.615. The molecule has 0 bridgehead atoms.